The van der Waals surface area contributed by atoms with Crippen LogP contribution < -0.4 is 10.4 Å². The number of nitrogens with zero attached hydrogens (tertiary/aromatic N) is 2. The van der Waals surface area contributed by atoms with E-state index in [1.165, 1.54) is 0 Å². The summed E-state index contributed by atoms with van der Waals surface area (Å²) in [6.45, 7) is 8.56. The number of alkyl halides is 3. The van der Waals surface area contributed by atoms with Crippen LogP contribution in [0.3, 0.4) is 0 Å². The molecule has 10 heteroatoms. The third-order valence-electron chi connectivity index (χ3n) is 3.26. The van der Waals surface area contributed by atoms with Gasteiger partial charge in [0.05, 0.1) is 11.9 Å². The van der Waals surface area contributed by atoms with Crippen molar-refractivity contribution >= 4 is 24.4 Å². The van der Waals surface area contributed by atoms with Crippen molar-refractivity contribution in [3.8, 4) is 11.4 Å². The van der Waals surface area contributed by atoms with Gasteiger partial charge in [0.15, 0.2) is 0 Å². The minimum absolute atomic E-state index is 0.0410. The molecule has 1 unspecified atom stereocenters. The van der Waals surface area contributed by atoms with Crippen molar-refractivity contribution in [2.75, 3.05) is 13.2 Å². The summed E-state index contributed by atoms with van der Waals surface area (Å²) >= 11 is 4.86. The molecule has 0 amide bonds. The second kappa shape index (κ2) is 7.72. The first-order chi connectivity index (χ1) is 11.9. The Kier molecular flexibility index (Phi) is 6.23. The number of benzene rings is 1. The van der Waals surface area contributed by atoms with Crippen LogP contribution in [0.15, 0.2) is 28.8 Å². The number of nitrogens with one attached hydrogen (secondary N) is 1. The van der Waals surface area contributed by atoms with E-state index in [1.807, 2.05) is 20.8 Å². The van der Waals surface area contributed by atoms with Gasteiger partial charge in [0.25, 0.3) is 7.52 Å². The van der Waals surface area contributed by atoms with Crippen molar-refractivity contribution in [3.63, 3.8) is 0 Å². The minimum Gasteiger partial charge on any atom is -0.331 e. The van der Waals surface area contributed by atoms with Gasteiger partial charge in [-0.1, -0.05) is 38.1 Å². The number of aromatic nitrogens is 2. The fourth-order valence-electron chi connectivity index (χ4n) is 2.00. The molecule has 0 bridgehead atoms. The van der Waals surface area contributed by atoms with Gasteiger partial charge in [0.1, 0.15) is 0 Å². The molecule has 6 nitrogen and oxygen atoms in total. The molecule has 2 rings (SSSR count). The van der Waals surface area contributed by atoms with Crippen LogP contribution in [-0.4, -0.2) is 23.3 Å². The van der Waals surface area contributed by atoms with Crippen LogP contribution in [-0.2, 0) is 14.5 Å². The molecule has 0 saturated heterocycles. The minimum atomic E-state index is -3.73. The van der Waals surface area contributed by atoms with Gasteiger partial charge in [-0.3, -0.25) is 4.57 Å². The number of hydrogen-bond donors (Lipinski definition) is 1. The Morgan fingerprint density at radius 3 is 2.35 bits per heavy atom. The molecular formula is C16H21ClF2N3O3P. The third kappa shape index (κ3) is 5.33. The zero-order valence-electron chi connectivity index (χ0n) is 14.9. The third-order valence-corrected chi connectivity index (χ3v) is 5.60. The molecule has 1 aromatic carbocycles. The van der Waals surface area contributed by atoms with Crippen molar-refractivity contribution in [1.82, 2.24) is 15.2 Å². The molecule has 0 aliphatic rings. The first-order valence-corrected chi connectivity index (χ1v) is 9.96. The van der Waals surface area contributed by atoms with Gasteiger partial charge >= 0.3 is 11.3 Å². The number of halogens is 3. The van der Waals surface area contributed by atoms with Crippen molar-refractivity contribution in [2.45, 2.75) is 33.1 Å². The SMILES string of the molecule is CCOP(=O)(NCC(C)(C)C)c1ccc(-c2noc(C(F)(F)Cl)n2)cc1. The van der Waals surface area contributed by atoms with Crippen LogP contribution in [0, 0.1) is 5.41 Å². The van der Waals surface area contributed by atoms with Gasteiger partial charge in [0, 0.05) is 12.1 Å². The van der Waals surface area contributed by atoms with Gasteiger partial charge in [-0.2, -0.15) is 13.8 Å². The van der Waals surface area contributed by atoms with Crippen LogP contribution in [0.5, 0.6) is 0 Å². The van der Waals surface area contributed by atoms with E-state index < -0.39 is 18.8 Å². The van der Waals surface area contributed by atoms with Crippen LogP contribution in [0.2, 0.25) is 0 Å². The van der Waals surface area contributed by atoms with E-state index in [9.17, 15) is 13.3 Å². The Balaban J connectivity index is 2.25. The van der Waals surface area contributed by atoms with Crippen LogP contribution >= 0.6 is 19.1 Å². The van der Waals surface area contributed by atoms with Crippen molar-refractivity contribution in [2.24, 2.45) is 5.41 Å². The summed E-state index contributed by atoms with van der Waals surface area (Å²) in [4.78, 5) is 3.57. The fraction of sp³-hybridized carbons (Fsp3) is 0.500. The molecular weight excluding hydrogens is 387 g/mol. The van der Waals surface area contributed by atoms with E-state index >= 15 is 0 Å². The highest BCUT2D eigenvalue weighted by Gasteiger charge is 2.36. The lowest BCUT2D eigenvalue weighted by Gasteiger charge is -2.25. The summed E-state index contributed by atoms with van der Waals surface area (Å²) in [5, 5.41) is 3.21. The zero-order chi connectivity index (χ0) is 19.6. The van der Waals surface area contributed by atoms with E-state index in [-0.39, 0.29) is 17.8 Å². The zero-order valence-corrected chi connectivity index (χ0v) is 16.6. The van der Waals surface area contributed by atoms with Gasteiger partial charge in [-0.05, 0) is 36.1 Å². The Morgan fingerprint density at radius 1 is 1.27 bits per heavy atom. The van der Waals surface area contributed by atoms with E-state index in [2.05, 4.69) is 19.8 Å². The second-order valence-corrected chi connectivity index (χ2v) is 9.50. The Morgan fingerprint density at radius 2 is 1.88 bits per heavy atom. The van der Waals surface area contributed by atoms with Gasteiger partial charge < -0.3 is 9.05 Å². The first-order valence-electron chi connectivity index (χ1n) is 7.96. The summed E-state index contributed by atoms with van der Waals surface area (Å²) in [5.41, 5.74) is 0.337. The summed E-state index contributed by atoms with van der Waals surface area (Å²) < 4.78 is 49.0. The van der Waals surface area contributed by atoms with E-state index in [4.69, 9.17) is 16.1 Å². The van der Waals surface area contributed by atoms with Crippen molar-refractivity contribution < 1.29 is 22.4 Å². The predicted octanol–water partition coefficient (Wildman–Crippen LogP) is 4.52. The van der Waals surface area contributed by atoms with E-state index in [0.717, 1.165) is 0 Å². The Labute approximate surface area is 155 Å². The van der Waals surface area contributed by atoms with Crippen LogP contribution in [0.25, 0.3) is 11.4 Å². The monoisotopic (exact) mass is 407 g/mol. The molecule has 2 aromatic rings. The Hall–Kier alpha value is -1.34. The summed E-state index contributed by atoms with van der Waals surface area (Å²) in [6.07, 6.45) is 0. The maximum atomic E-state index is 13.1. The molecule has 0 aliphatic carbocycles. The quantitative estimate of drug-likeness (QED) is 0.537. The maximum absolute atomic E-state index is 13.1. The smallest absolute Gasteiger partial charge is 0.331 e. The fourth-order valence-corrected chi connectivity index (χ4v) is 4.08. The largest absolute Gasteiger partial charge is 0.400 e. The van der Waals surface area contributed by atoms with Gasteiger partial charge in [0.2, 0.25) is 5.82 Å². The number of rotatable bonds is 7. The topological polar surface area (TPSA) is 77.2 Å². The highest BCUT2D eigenvalue weighted by Crippen LogP contribution is 2.42. The highest BCUT2D eigenvalue weighted by molar-refractivity contribution is 7.65. The lowest BCUT2D eigenvalue weighted by atomic mass is 9.98. The molecule has 1 aromatic heterocycles. The average molecular weight is 408 g/mol. The van der Waals surface area contributed by atoms with Crippen LogP contribution in [0.1, 0.15) is 33.6 Å². The molecule has 1 atom stereocenters. The van der Waals surface area contributed by atoms with Crippen molar-refractivity contribution in [1.29, 1.82) is 0 Å². The average Bonchev–Trinajstić information content (AvgIpc) is 3.03. The molecule has 1 N–H and O–H groups in total. The standard InChI is InChI=1S/C16H21ClF2N3O3P/c1-5-24-26(23,20-10-15(2,3)4)12-8-6-11(7-9-12)13-21-14(25-22-13)16(17,18)19/h6-9H,5,10H2,1-4H3,(H,20,23). The van der Waals surface area contributed by atoms with Crippen molar-refractivity contribution in [3.05, 3.63) is 30.2 Å². The normalized spacial score (nSPS) is 15.0. The second-order valence-electron chi connectivity index (χ2n) is 6.83. The number of hydrogen-bond acceptors (Lipinski definition) is 5. The van der Waals surface area contributed by atoms with E-state index in [0.29, 0.717) is 17.4 Å². The van der Waals surface area contributed by atoms with E-state index in [1.54, 1.807) is 31.2 Å². The maximum Gasteiger partial charge on any atom is 0.400 e. The lowest BCUT2D eigenvalue weighted by molar-refractivity contribution is 0.0551. The van der Waals surface area contributed by atoms with Crippen LogP contribution in [0.4, 0.5) is 8.78 Å². The Bertz CT molecular complexity index is 785. The predicted molar refractivity (Wildman–Crippen MR) is 95.8 cm³/mol. The van der Waals surface area contributed by atoms with Gasteiger partial charge in [-0.15, -0.1) is 0 Å². The molecule has 0 saturated carbocycles. The molecule has 1 heterocycles. The lowest BCUT2D eigenvalue weighted by Crippen LogP contribution is -2.29. The molecule has 0 spiro atoms. The summed E-state index contributed by atoms with van der Waals surface area (Å²) in [6, 6.07) is 6.27. The molecule has 26 heavy (non-hydrogen) atoms. The summed E-state index contributed by atoms with van der Waals surface area (Å²) in [7, 11) is -3.26. The first kappa shape index (κ1) is 21.0. The molecule has 0 radical (unpaired) electrons. The van der Waals surface area contributed by atoms with Gasteiger partial charge in [-0.25, -0.2) is 5.09 Å². The molecule has 144 valence electrons. The molecule has 0 aliphatic heterocycles. The summed E-state index contributed by atoms with van der Waals surface area (Å²) in [5.74, 6) is -1.02. The highest BCUT2D eigenvalue weighted by atomic mass is 35.5. The molecule has 0 fully saturated rings.